The van der Waals surface area contributed by atoms with E-state index in [2.05, 4.69) is 15.6 Å². The molecule has 4 N–H and O–H groups in total. The Hall–Kier alpha value is -3.41. The first-order valence-corrected chi connectivity index (χ1v) is 7.69. The van der Waals surface area contributed by atoms with E-state index in [9.17, 15) is 9.18 Å². The Labute approximate surface area is 144 Å². The van der Waals surface area contributed by atoms with E-state index in [1.54, 1.807) is 31.2 Å². The summed E-state index contributed by atoms with van der Waals surface area (Å²) in [5.41, 5.74) is 7.20. The summed E-state index contributed by atoms with van der Waals surface area (Å²) in [5.74, 6) is -0.541. The van der Waals surface area contributed by atoms with Crippen LogP contribution in [-0.4, -0.2) is 10.9 Å². The van der Waals surface area contributed by atoms with Crippen LogP contribution in [0.15, 0.2) is 72.1 Å². The predicted octanol–water partition coefficient (Wildman–Crippen LogP) is 3.61. The van der Waals surface area contributed by atoms with E-state index in [4.69, 9.17) is 5.73 Å². The van der Waals surface area contributed by atoms with E-state index in [0.29, 0.717) is 11.5 Å². The van der Waals surface area contributed by atoms with Crippen LogP contribution in [0, 0.1) is 5.82 Å². The average Bonchev–Trinajstić information content (AvgIpc) is 2.62. The fourth-order valence-electron chi connectivity index (χ4n) is 2.32. The van der Waals surface area contributed by atoms with E-state index < -0.39 is 11.7 Å². The van der Waals surface area contributed by atoms with Crippen LogP contribution in [0.3, 0.4) is 0 Å². The number of amides is 1. The number of benzene rings is 2. The Morgan fingerprint density at radius 2 is 1.72 bits per heavy atom. The summed E-state index contributed by atoms with van der Waals surface area (Å²) in [5, 5.41) is 6.43. The zero-order valence-electron chi connectivity index (χ0n) is 13.6. The fraction of sp³-hybridized carbons (Fsp3) is 0.0526. The van der Waals surface area contributed by atoms with Crippen molar-refractivity contribution < 1.29 is 9.18 Å². The van der Waals surface area contributed by atoms with Crippen LogP contribution in [-0.2, 0) is 4.79 Å². The molecule has 0 aliphatic rings. The number of carbonyl (C=O) groups excluding carboxylic acids is 1. The number of pyridine rings is 1. The van der Waals surface area contributed by atoms with Gasteiger partial charge in [-0.1, -0.05) is 30.3 Å². The predicted molar refractivity (Wildman–Crippen MR) is 97.3 cm³/mol. The molecule has 6 heteroatoms. The lowest BCUT2D eigenvalue weighted by Gasteiger charge is -2.11. The van der Waals surface area contributed by atoms with Crippen molar-refractivity contribution in [3.8, 4) is 0 Å². The van der Waals surface area contributed by atoms with Crippen LogP contribution < -0.4 is 16.4 Å². The number of carbonyl (C=O) groups is 1. The van der Waals surface area contributed by atoms with E-state index in [-0.39, 0.29) is 11.4 Å². The summed E-state index contributed by atoms with van der Waals surface area (Å²) >= 11 is 0. The van der Waals surface area contributed by atoms with Crippen molar-refractivity contribution >= 4 is 28.3 Å². The highest BCUT2D eigenvalue weighted by Crippen LogP contribution is 2.17. The van der Waals surface area contributed by atoms with Gasteiger partial charge in [-0.2, -0.15) is 0 Å². The van der Waals surface area contributed by atoms with Gasteiger partial charge < -0.3 is 16.4 Å². The number of nitrogens with two attached hydrogens (primary N) is 1. The molecule has 0 aliphatic heterocycles. The molecule has 0 saturated heterocycles. The third kappa shape index (κ3) is 3.74. The Morgan fingerprint density at radius 3 is 2.52 bits per heavy atom. The first-order chi connectivity index (χ1) is 12.0. The highest BCUT2D eigenvalue weighted by atomic mass is 19.1. The van der Waals surface area contributed by atoms with Crippen LogP contribution in [0.5, 0.6) is 0 Å². The minimum absolute atomic E-state index is 0.0433. The van der Waals surface area contributed by atoms with Gasteiger partial charge in [-0.25, -0.2) is 9.37 Å². The van der Waals surface area contributed by atoms with Gasteiger partial charge in [0.25, 0.3) is 5.91 Å². The van der Waals surface area contributed by atoms with Gasteiger partial charge in [0.2, 0.25) is 0 Å². The maximum Gasteiger partial charge on any atom is 0.274 e. The number of nitrogens with one attached hydrogen (secondary N) is 2. The van der Waals surface area contributed by atoms with Gasteiger partial charge in [0.15, 0.2) is 0 Å². The Balaban J connectivity index is 1.77. The number of allylic oxidation sites excluding steroid dienone is 1. The molecule has 0 saturated carbocycles. The van der Waals surface area contributed by atoms with Gasteiger partial charge in [0, 0.05) is 11.1 Å². The number of hydrogen-bond donors (Lipinski definition) is 3. The molecule has 1 aromatic heterocycles. The number of halogens is 1. The second kappa shape index (κ2) is 7.00. The van der Waals surface area contributed by atoms with Crippen LogP contribution in [0.2, 0.25) is 0 Å². The molecule has 0 aliphatic carbocycles. The monoisotopic (exact) mass is 336 g/mol. The third-order valence-electron chi connectivity index (χ3n) is 3.68. The molecule has 0 atom stereocenters. The van der Waals surface area contributed by atoms with E-state index in [0.717, 1.165) is 10.9 Å². The molecule has 0 radical (unpaired) electrons. The van der Waals surface area contributed by atoms with Gasteiger partial charge in [-0.05, 0) is 37.3 Å². The SMILES string of the molecule is C/C(Nc1ccccc1F)=C(/N)C(=O)Nc1ccc2ccccc2n1. The highest BCUT2D eigenvalue weighted by molar-refractivity contribution is 6.03. The molecular weight excluding hydrogens is 319 g/mol. The first kappa shape index (κ1) is 16.4. The summed E-state index contributed by atoms with van der Waals surface area (Å²) in [4.78, 5) is 16.7. The molecule has 0 unspecified atom stereocenters. The average molecular weight is 336 g/mol. The smallest absolute Gasteiger partial charge is 0.274 e. The molecule has 1 amide bonds. The molecule has 1 heterocycles. The largest absolute Gasteiger partial charge is 0.393 e. The number of anilines is 2. The van der Waals surface area contributed by atoms with Gasteiger partial charge in [-0.3, -0.25) is 4.79 Å². The van der Waals surface area contributed by atoms with Gasteiger partial charge in [0.05, 0.1) is 11.2 Å². The number of para-hydroxylation sites is 2. The molecule has 2 aromatic carbocycles. The Kier molecular flexibility index (Phi) is 4.61. The first-order valence-electron chi connectivity index (χ1n) is 7.69. The minimum Gasteiger partial charge on any atom is -0.393 e. The minimum atomic E-state index is -0.510. The fourth-order valence-corrected chi connectivity index (χ4v) is 2.32. The molecule has 0 fully saturated rings. The van der Waals surface area contributed by atoms with E-state index >= 15 is 0 Å². The van der Waals surface area contributed by atoms with Crippen LogP contribution in [0.25, 0.3) is 10.9 Å². The number of rotatable bonds is 4. The van der Waals surface area contributed by atoms with Crippen LogP contribution >= 0.6 is 0 Å². The lowest BCUT2D eigenvalue weighted by molar-refractivity contribution is -0.113. The second-order valence-electron chi connectivity index (χ2n) is 5.49. The Bertz CT molecular complexity index is 968. The quantitative estimate of drug-likeness (QED) is 0.636. The Morgan fingerprint density at radius 1 is 1.00 bits per heavy atom. The lowest BCUT2D eigenvalue weighted by Crippen LogP contribution is -2.24. The number of nitrogens with zero attached hydrogens (tertiary/aromatic N) is 1. The van der Waals surface area contributed by atoms with Gasteiger partial charge >= 0.3 is 0 Å². The number of hydrogen-bond acceptors (Lipinski definition) is 4. The molecule has 25 heavy (non-hydrogen) atoms. The van der Waals surface area contributed by atoms with Crippen LogP contribution in [0.4, 0.5) is 15.9 Å². The molecule has 5 nitrogen and oxygen atoms in total. The molecular formula is C19H17FN4O. The number of aromatic nitrogens is 1. The summed E-state index contributed by atoms with van der Waals surface area (Å²) < 4.78 is 13.7. The zero-order valence-corrected chi connectivity index (χ0v) is 13.6. The van der Waals surface area contributed by atoms with Crippen molar-refractivity contribution in [1.82, 2.24) is 4.98 Å². The van der Waals surface area contributed by atoms with Crippen molar-refractivity contribution in [1.29, 1.82) is 0 Å². The third-order valence-corrected chi connectivity index (χ3v) is 3.68. The summed E-state index contributed by atoms with van der Waals surface area (Å²) in [6.45, 7) is 1.61. The number of fused-ring (bicyclic) bond motifs is 1. The molecule has 0 bridgehead atoms. The molecule has 3 rings (SSSR count). The standard InChI is InChI=1S/C19H17FN4O/c1-12(22-16-9-5-3-7-14(16)20)18(21)19(25)24-17-11-10-13-6-2-4-8-15(13)23-17/h2-11,22H,21H2,1H3,(H,23,24,25)/b18-12-. The van der Waals surface area contributed by atoms with E-state index in [1.165, 1.54) is 6.07 Å². The van der Waals surface area contributed by atoms with Crippen molar-refractivity contribution in [2.75, 3.05) is 10.6 Å². The highest BCUT2D eigenvalue weighted by Gasteiger charge is 2.12. The van der Waals surface area contributed by atoms with Crippen molar-refractivity contribution in [3.63, 3.8) is 0 Å². The van der Waals surface area contributed by atoms with Gasteiger partial charge in [0.1, 0.15) is 17.3 Å². The lowest BCUT2D eigenvalue weighted by atomic mass is 10.2. The van der Waals surface area contributed by atoms with E-state index in [1.807, 2.05) is 30.3 Å². The normalized spacial score (nSPS) is 11.8. The van der Waals surface area contributed by atoms with Crippen molar-refractivity contribution in [3.05, 3.63) is 77.9 Å². The molecule has 0 spiro atoms. The summed E-state index contributed by atoms with van der Waals surface area (Å²) in [6, 6.07) is 17.3. The van der Waals surface area contributed by atoms with Gasteiger partial charge in [-0.15, -0.1) is 0 Å². The van der Waals surface area contributed by atoms with Crippen molar-refractivity contribution in [2.45, 2.75) is 6.92 Å². The second-order valence-corrected chi connectivity index (χ2v) is 5.49. The maximum absolute atomic E-state index is 13.7. The van der Waals surface area contributed by atoms with Crippen molar-refractivity contribution in [2.24, 2.45) is 5.73 Å². The summed E-state index contributed by atoms with van der Waals surface area (Å²) in [7, 11) is 0. The maximum atomic E-state index is 13.7. The topological polar surface area (TPSA) is 80.0 Å². The molecule has 3 aromatic rings. The van der Waals surface area contributed by atoms with Crippen LogP contribution in [0.1, 0.15) is 6.92 Å². The zero-order chi connectivity index (χ0) is 17.8. The molecule has 126 valence electrons. The summed E-state index contributed by atoms with van der Waals surface area (Å²) in [6.07, 6.45) is 0.